The van der Waals surface area contributed by atoms with Gasteiger partial charge in [0.1, 0.15) is 0 Å². The zero-order valence-corrected chi connectivity index (χ0v) is 11.1. The first-order valence-electron chi connectivity index (χ1n) is 6.74. The molecule has 1 heterocycles. The van der Waals surface area contributed by atoms with Crippen LogP contribution in [0.4, 0.5) is 0 Å². The highest BCUT2D eigenvalue weighted by Gasteiger charge is 2.11. The average Bonchev–Trinajstić information content (AvgIpc) is 2.29. The maximum atomic E-state index is 3.69. The van der Waals surface area contributed by atoms with Crippen LogP contribution in [0.2, 0.25) is 0 Å². The Labute approximate surface area is 99.8 Å². The predicted octanol–water partition coefficient (Wildman–Crippen LogP) is 3.83. The SMILES string of the molecule is CCCCCCCCNC1CCCSC1. The second-order valence-corrected chi connectivity index (χ2v) is 5.79. The standard InChI is InChI=1S/C13H27NS/c1-2-3-4-5-6-7-10-14-13-9-8-11-15-12-13/h13-14H,2-12H2,1H3. The van der Waals surface area contributed by atoms with Crippen molar-refractivity contribution in [1.29, 1.82) is 0 Å². The first-order valence-corrected chi connectivity index (χ1v) is 7.90. The van der Waals surface area contributed by atoms with Crippen molar-refractivity contribution >= 4 is 11.8 Å². The highest BCUT2D eigenvalue weighted by molar-refractivity contribution is 7.99. The van der Waals surface area contributed by atoms with Gasteiger partial charge in [0.25, 0.3) is 0 Å². The zero-order valence-electron chi connectivity index (χ0n) is 10.3. The van der Waals surface area contributed by atoms with Crippen LogP contribution in [-0.4, -0.2) is 24.1 Å². The van der Waals surface area contributed by atoms with Crippen molar-refractivity contribution in [2.24, 2.45) is 0 Å². The average molecular weight is 229 g/mol. The predicted molar refractivity (Wildman–Crippen MR) is 71.7 cm³/mol. The quantitative estimate of drug-likeness (QED) is 0.635. The van der Waals surface area contributed by atoms with Crippen molar-refractivity contribution in [2.45, 2.75) is 64.3 Å². The number of unbranched alkanes of at least 4 members (excludes halogenated alkanes) is 5. The molecule has 0 aromatic rings. The molecule has 1 nitrogen and oxygen atoms in total. The van der Waals surface area contributed by atoms with Gasteiger partial charge in [0, 0.05) is 11.8 Å². The third-order valence-corrected chi connectivity index (χ3v) is 4.34. The Morgan fingerprint density at radius 1 is 1.13 bits per heavy atom. The van der Waals surface area contributed by atoms with Crippen LogP contribution < -0.4 is 5.32 Å². The van der Waals surface area contributed by atoms with E-state index in [0.717, 1.165) is 6.04 Å². The number of thioether (sulfide) groups is 1. The third kappa shape index (κ3) is 7.24. The van der Waals surface area contributed by atoms with Crippen molar-refractivity contribution < 1.29 is 0 Å². The van der Waals surface area contributed by atoms with Crippen molar-refractivity contribution in [2.75, 3.05) is 18.1 Å². The maximum Gasteiger partial charge on any atom is 0.0158 e. The van der Waals surface area contributed by atoms with Gasteiger partial charge in [-0.25, -0.2) is 0 Å². The summed E-state index contributed by atoms with van der Waals surface area (Å²) >= 11 is 2.12. The van der Waals surface area contributed by atoms with E-state index in [1.807, 2.05) is 0 Å². The minimum Gasteiger partial charge on any atom is -0.313 e. The van der Waals surface area contributed by atoms with Gasteiger partial charge in [-0.3, -0.25) is 0 Å². The van der Waals surface area contributed by atoms with E-state index in [9.17, 15) is 0 Å². The molecule has 1 aliphatic rings. The van der Waals surface area contributed by atoms with E-state index in [1.54, 1.807) is 0 Å². The summed E-state index contributed by atoms with van der Waals surface area (Å²) in [6.07, 6.45) is 11.3. The van der Waals surface area contributed by atoms with Gasteiger partial charge in [-0.05, 0) is 31.6 Å². The monoisotopic (exact) mass is 229 g/mol. The van der Waals surface area contributed by atoms with Crippen LogP contribution >= 0.6 is 11.8 Å². The van der Waals surface area contributed by atoms with Crippen LogP contribution in [0.25, 0.3) is 0 Å². The molecule has 1 saturated heterocycles. The molecule has 15 heavy (non-hydrogen) atoms. The minimum absolute atomic E-state index is 0.819. The van der Waals surface area contributed by atoms with Gasteiger partial charge in [-0.1, -0.05) is 39.0 Å². The fourth-order valence-corrected chi connectivity index (χ4v) is 3.22. The van der Waals surface area contributed by atoms with E-state index < -0.39 is 0 Å². The van der Waals surface area contributed by atoms with E-state index in [0.29, 0.717) is 0 Å². The molecule has 1 fully saturated rings. The molecule has 0 amide bonds. The molecule has 1 rings (SSSR count). The van der Waals surface area contributed by atoms with Gasteiger partial charge >= 0.3 is 0 Å². The summed E-state index contributed by atoms with van der Waals surface area (Å²) in [5, 5.41) is 3.69. The number of rotatable bonds is 8. The molecule has 1 atom stereocenters. The molecule has 0 aromatic heterocycles. The topological polar surface area (TPSA) is 12.0 Å². The van der Waals surface area contributed by atoms with Crippen molar-refractivity contribution in [3.63, 3.8) is 0 Å². The Hall–Kier alpha value is 0.310. The highest BCUT2D eigenvalue weighted by Crippen LogP contribution is 2.16. The molecule has 2 heteroatoms. The van der Waals surface area contributed by atoms with Gasteiger partial charge in [0.15, 0.2) is 0 Å². The van der Waals surface area contributed by atoms with Gasteiger partial charge < -0.3 is 5.32 Å². The van der Waals surface area contributed by atoms with Gasteiger partial charge in [0.2, 0.25) is 0 Å². The third-order valence-electron chi connectivity index (χ3n) is 3.12. The summed E-state index contributed by atoms with van der Waals surface area (Å²) in [5.41, 5.74) is 0. The van der Waals surface area contributed by atoms with Gasteiger partial charge in [-0.15, -0.1) is 0 Å². The van der Waals surface area contributed by atoms with E-state index in [-0.39, 0.29) is 0 Å². The van der Waals surface area contributed by atoms with Crippen LogP contribution in [0, 0.1) is 0 Å². The Bertz CT molecular complexity index is 132. The lowest BCUT2D eigenvalue weighted by Crippen LogP contribution is -2.34. The van der Waals surface area contributed by atoms with Gasteiger partial charge in [0.05, 0.1) is 0 Å². The first-order chi connectivity index (χ1) is 7.43. The summed E-state index contributed by atoms with van der Waals surface area (Å²) in [4.78, 5) is 0. The molecule has 1 N–H and O–H groups in total. The maximum absolute atomic E-state index is 3.69. The first kappa shape index (κ1) is 13.4. The lowest BCUT2D eigenvalue weighted by Gasteiger charge is -2.22. The molecular formula is C13H27NS. The highest BCUT2D eigenvalue weighted by atomic mass is 32.2. The molecule has 0 bridgehead atoms. The summed E-state index contributed by atoms with van der Waals surface area (Å²) in [7, 11) is 0. The van der Waals surface area contributed by atoms with E-state index in [4.69, 9.17) is 0 Å². The fourth-order valence-electron chi connectivity index (χ4n) is 2.11. The number of nitrogens with one attached hydrogen (secondary N) is 1. The van der Waals surface area contributed by atoms with Crippen molar-refractivity contribution in [1.82, 2.24) is 5.32 Å². The summed E-state index contributed by atoms with van der Waals surface area (Å²) in [5.74, 6) is 2.73. The lowest BCUT2D eigenvalue weighted by atomic mass is 10.1. The number of hydrogen-bond donors (Lipinski definition) is 1. The van der Waals surface area contributed by atoms with Crippen LogP contribution in [0.5, 0.6) is 0 Å². The summed E-state index contributed by atoms with van der Waals surface area (Å²) < 4.78 is 0. The molecule has 1 unspecified atom stereocenters. The normalized spacial score (nSPS) is 21.8. The molecule has 1 aliphatic heterocycles. The molecule has 0 radical (unpaired) electrons. The van der Waals surface area contributed by atoms with Crippen LogP contribution in [0.15, 0.2) is 0 Å². The van der Waals surface area contributed by atoms with E-state index in [2.05, 4.69) is 24.0 Å². The molecule has 0 saturated carbocycles. The fraction of sp³-hybridized carbons (Fsp3) is 1.00. The second-order valence-electron chi connectivity index (χ2n) is 4.64. The largest absolute Gasteiger partial charge is 0.313 e. The van der Waals surface area contributed by atoms with Crippen molar-refractivity contribution in [3.8, 4) is 0 Å². The van der Waals surface area contributed by atoms with Gasteiger partial charge in [-0.2, -0.15) is 11.8 Å². The van der Waals surface area contributed by atoms with Crippen LogP contribution in [0.1, 0.15) is 58.3 Å². The van der Waals surface area contributed by atoms with E-state index >= 15 is 0 Å². The van der Waals surface area contributed by atoms with Crippen LogP contribution in [-0.2, 0) is 0 Å². The summed E-state index contributed by atoms with van der Waals surface area (Å²) in [6.45, 7) is 3.53. The Balaban J connectivity index is 1.79. The van der Waals surface area contributed by atoms with Crippen LogP contribution in [0.3, 0.4) is 0 Å². The Morgan fingerprint density at radius 3 is 2.67 bits per heavy atom. The Kier molecular flexibility index (Phi) is 8.50. The van der Waals surface area contributed by atoms with Crippen molar-refractivity contribution in [3.05, 3.63) is 0 Å². The zero-order chi connectivity index (χ0) is 10.8. The smallest absolute Gasteiger partial charge is 0.0158 e. The minimum atomic E-state index is 0.819. The molecule has 90 valence electrons. The molecule has 0 aromatic carbocycles. The second kappa shape index (κ2) is 9.53. The Morgan fingerprint density at radius 2 is 1.93 bits per heavy atom. The number of hydrogen-bond acceptors (Lipinski definition) is 2. The lowest BCUT2D eigenvalue weighted by molar-refractivity contribution is 0.487. The van der Waals surface area contributed by atoms with E-state index in [1.165, 1.54) is 69.4 Å². The molecule has 0 aliphatic carbocycles. The molecular weight excluding hydrogens is 202 g/mol. The summed E-state index contributed by atoms with van der Waals surface area (Å²) in [6, 6.07) is 0.819. The molecule has 0 spiro atoms.